The zero-order chi connectivity index (χ0) is 25.2. The topological polar surface area (TPSA) is 118 Å². The molecule has 182 valence electrons. The molecule has 4 fully saturated rings. The van der Waals surface area contributed by atoms with Gasteiger partial charge in [0.25, 0.3) is 0 Å². The molecular formula is C26H36O7. The average molecular weight is 461 g/mol. The molecule has 7 nitrogen and oxygen atoms in total. The quantitative estimate of drug-likeness (QED) is 0.350. The molecule has 4 rings (SSSR count). The Hall–Kier alpha value is -1.86. The van der Waals surface area contributed by atoms with Gasteiger partial charge in [0.1, 0.15) is 5.78 Å². The fourth-order valence-electron chi connectivity index (χ4n) is 9.21. The summed E-state index contributed by atoms with van der Waals surface area (Å²) in [6.45, 7) is 14.4. The van der Waals surface area contributed by atoms with Gasteiger partial charge in [-0.3, -0.25) is 19.2 Å². The molecule has 4 aliphatic carbocycles. The third kappa shape index (κ3) is 2.24. The van der Waals surface area contributed by atoms with E-state index in [4.69, 9.17) is 4.74 Å². The summed E-state index contributed by atoms with van der Waals surface area (Å²) in [4.78, 5) is 54.1. The monoisotopic (exact) mass is 460 g/mol. The van der Waals surface area contributed by atoms with Crippen LogP contribution in [-0.4, -0.2) is 52.3 Å². The zero-order valence-corrected chi connectivity index (χ0v) is 20.7. The Kier molecular flexibility index (Phi) is 4.72. The number of allylic oxidation sites excluding steroid dienone is 1. The molecule has 0 radical (unpaired) electrons. The van der Waals surface area contributed by atoms with E-state index >= 15 is 0 Å². The minimum Gasteiger partial charge on any atom is -0.468 e. The molecule has 0 aliphatic heterocycles. The molecule has 8 atom stereocenters. The number of fused-ring (bicyclic) bond motifs is 5. The van der Waals surface area contributed by atoms with Crippen LogP contribution in [0.25, 0.3) is 0 Å². The van der Waals surface area contributed by atoms with Gasteiger partial charge in [-0.1, -0.05) is 39.8 Å². The summed E-state index contributed by atoms with van der Waals surface area (Å²) in [6.07, 6.45) is 0.226. The van der Waals surface area contributed by atoms with Crippen molar-refractivity contribution in [3.05, 3.63) is 12.2 Å². The number of ether oxygens (including phenoxy) is 1. The number of ketones is 3. The predicted octanol–water partition coefficient (Wildman–Crippen LogP) is 2.41. The third-order valence-electron chi connectivity index (χ3n) is 10.6. The highest BCUT2D eigenvalue weighted by Gasteiger charge is 2.86. The van der Waals surface area contributed by atoms with Crippen molar-refractivity contribution in [3.63, 3.8) is 0 Å². The van der Waals surface area contributed by atoms with Crippen molar-refractivity contribution >= 4 is 23.3 Å². The maximum absolute atomic E-state index is 14.0. The Bertz CT molecular complexity index is 1010. The molecule has 4 saturated carbocycles. The molecule has 0 saturated heterocycles. The molecule has 0 aromatic rings. The molecule has 4 aliphatic rings. The minimum absolute atomic E-state index is 0.0295. The maximum atomic E-state index is 14.0. The summed E-state index contributed by atoms with van der Waals surface area (Å²) in [5, 5.41) is 22.6. The second kappa shape index (κ2) is 6.42. The van der Waals surface area contributed by atoms with Crippen molar-refractivity contribution in [2.45, 2.75) is 78.9 Å². The highest BCUT2D eigenvalue weighted by Crippen LogP contribution is 2.77. The second-order valence-corrected chi connectivity index (χ2v) is 12.3. The molecule has 0 bridgehead atoms. The van der Waals surface area contributed by atoms with Crippen molar-refractivity contribution in [1.29, 1.82) is 0 Å². The second-order valence-electron chi connectivity index (χ2n) is 12.3. The van der Waals surface area contributed by atoms with Crippen LogP contribution in [0.5, 0.6) is 0 Å². The fraction of sp³-hybridized carbons (Fsp3) is 0.769. The number of carbonyl (C=O) groups is 4. The molecule has 2 N–H and O–H groups in total. The van der Waals surface area contributed by atoms with E-state index in [1.807, 2.05) is 20.8 Å². The zero-order valence-electron chi connectivity index (χ0n) is 20.7. The van der Waals surface area contributed by atoms with Crippen LogP contribution in [0.4, 0.5) is 0 Å². The third-order valence-corrected chi connectivity index (χ3v) is 10.6. The number of esters is 1. The van der Waals surface area contributed by atoms with Gasteiger partial charge < -0.3 is 14.9 Å². The lowest BCUT2D eigenvalue weighted by Crippen LogP contribution is -2.73. The van der Waals surface area contributed by atoms with Crippen molar-refractivity contribution in [3.8, 4) is 0 Å². The first-order chi connectivity index (χ1) is 14.9. The highest BCUT2D eigenvalue weighted by atomic mass is 16.5. The molecular weight excluding hydrogens is 424 g/mol. The van der Waals surface area contributed by atoms with Crippen molar-refractivity contribution in [1.82, 2.24) is 0 Å². The number of methoxy groups -OCH3 is 1. The van der Waals surface area contributed by atoms with E-state index in [-0.39, 0.29) is 24.0 Å². The smallest absolute Gasteiger partial charge is 0.321 e. The molecule has 0 aromatic heterocycles. The van der Waals surface area contributed by atoms with E-state index in [0.717, 1.165) is 6.92 Å². The first kappa shape index (κ1) is 24.3. The molecule has 0 aromatic carbocycles. The number of rotatable bonds is 1. The Morgan fingerprint density at radius 3 is 2.18 bits per heavy atom. The standard InChI is InChI=1S/C26H36O7/c1-13-11-15-22(4)10-9-16(28)21(2,3)17(22)14(27)12-23(15,5)26(20(31)33-8)19(30)25(7,32)18(29)24(13,26)6/h14-15,17,27,32H,1,9-12H2,2-8H3. The van der Waals surface area contributed by atoms with Crippen LogP contribution in [-0.2, 0) is 23.9 Å². The lowest BCUT2D eigenvalue weighted by molar-refractivity contribution is -0.238. The lowest BCUT2D eigenvalue weighted by atomic mass is 9.32. The van der Waals surface area contributed by atoms with E-state index < -0.39 is 56.3 Å². The van der Waals surface area contributed by atoms with Gasteiger partial charge in [0, 0.05) is 17.8 Å². The van der Waals surface area contributed by atoms with Crippen molar-refractivity contribution in [2.75, 3.05) is 7.11 Å². The van der Waals surface area contributed by atoms with Gasteiger partial charge >= 0.3 is 5.97 Å². The number of Topliss-reactive ketones (excluding diaryl/α,β-unsaturated/α-hetero) is 3. The Morgan fingerprint density at radius 1 is 1.06 bits per heavy atom. The number of hydrogen-bond acceptors (Lipinski definition) is 7. The normalized spacial score (nSPS) is 51.0. The summed E-state index contributed by atoms with van der Waals surface area (Å²) in [5.41, 5.74) is -8.26. The van der Waals surface area contributed by atoms with E-state index in [0.29, 0.717) is 24.8 Å². The first-order valence-electron chi connectivity index (χ1n) is 11.7. The summed E-state index contributed by atoms with van der Waals surface area (Å²) < 4.78 is 5.20. The van der Waals surface area contributed by atoms with Crippen LogP contribution < -0.4 is 0 Å². The van der Waals surface area contributed by atoms with Crippen LogP contribution in [0.2, 0.25) is 0 Å². The Balaban J connectivity index is 2.07. The molecule has 7 heteroatoms. The highest BCUT2D eigenvalue weighted by molar-refractivity contribution is 6.30. The Labute approximate surface area is 194 Å². The van der Waals surface area contributed by atoms with Crippen LogP contribution in [0.1, 0.15) is 67.2 Å². The molecule has 8 unspecified atom stereocenters. The Morgan fingerprint density at radius 2 is 1.64 bits per heavy atom. The first-order valence-corrected chi connectivity index (χ1v) is 11.7. The SMILES string of the molecule is C=C1CC2C3(C)CCC(=O)C(C)(C)C3C(O)CC2(C)C2(C(=O)OC)C(=O)C(C)(O)C(=O)C12C. The van der Waals surface area contributed by atoms with E-state index in [2.05, 4.69) is 6.58 Å². The van der Waals surface area contributed by atoms with Gasteiger partial charge in [-0.05, 0) is 49.9 Å². The predicted molar refractivity (Wildman–Crippen MR) is 119 cm³/mol. The van der Waals surface area contributed by atoms with Crippen molar-refractivity contribution in [2.24, 2.45) is 38.9 Å². The van der Waals surface area contributed by atoms with Crippen LogP contribution in [0.3, 0.4) is 0 Å². The van der Waals surface area contributed by atoms with E-state index in [1.165, 1.54) is 14.0 Å². The fourth-order valence-corrected chi connectivity index (χ4v) is 9.21. The number of hydrogen-bond donors (Lipinski definition) is 2. The summed E-state index contributed by atoms with van der Waals surface area (Å²) in [6, 6.07) is 0. The summed E-state index contributed by atoms with van der Waals surface area (Å²) in [5.74, 6) is -3.15. The summed E-state index contributed by atoms with van der Waals surface area (Å²) in [7, 11) is 1.17. The van der Waals surface area contributed by atoms with Gasteiger partial charge in [0.15, 0.2) is 22.6 Å². The van der Waals surface area contributed by atoms with Gasteiger partial charge in [-0.2, -0.15) is 0 Å². The molecule has 0 spiro atoms. The lowest BCUT2D eigenvalue weighted by Gasteiger charge is -2.70. The largest absolute Gasteiger partial charge is 0.468 e. The van der Waals surface area contributed by atoms with E-state index in [9.17, 15) is 29.4 Å². The molecule has 33 heavy (non-hydrogen) atoms. The van der Waals surface area contributed by atoms with Crippen molar-refractivity contribution < 1.29 is 34.1 Å². The van der Waals surface area contributed by atoms with Crippen LogP contribution in [0.15, 0.2) is 12.2 Å². The minimum atomic E-state index is -2.38. The number of aliphatic hydroxyl groups is 2. The average Bonchev–Trinajstić information content (AvgIpc) is 2.83. The van der Waals surface area contributed by atoms with Gasteiger partial charge in [0.05, 0.1) is 18.6 Å². The number of carbonyl (C=O) groups excluding carboxylic acids is 4. The number of aliphatic hydroxyl groups excluding tert-OH is 1. The van der Waals surface area contributed by atoms with Crippen LogP contribution >= 0.6 is 0 Å². The van der Waals surface area contributed by atoms with Gasteiger partial charge in [0.2, 0.25) is 0 Å². The molecule has 0 heterocycles. The van der Waals surface area contributed by atoms with Crippen LogP contribution in [0, 0.1) is 38.9 Å². The maximum Gasteiger partial charge on any atom is 0.321 e. The van der Waals surface area contributed by atoms with Gasteiger partial charge in [-0.15, -0.1) is 0 Å². The van der Waals surface area contributed by atoms with E-state index in [1.54, 1.807) is 6.92 Å². The molecule has 0 amide bonds. The summed E-state index contributed by atoms with van der Waals surface area (Å²) >= 11 is 0. The van der Waals surface area contributed by atoms with Gasteiger partial charge in [-0.25, -0.2) is 0 Å².